The molecule has 21 heavy (non-hydrogen) atoms. The molecule has 0 bridgehead atoms. The van der Waals surface area contributed by atoms with Crippen LogP contribution in [-0.2, 0) is 9.53 Å². The van der Waals surface area contributed by atoms with Gasteiger partial charge < -0.3 is 15.4 Å². The van der Waals surface area contributed by atoms with Crippen molar-refractivity contribution in [3.63, 3.8) is 0 Å². The smallest absolute Gasteiger partial charge is 0.407 e. The van der Waals surface area contributed by atoms with Crippen LogP contribution in [0, 0.1) is 5.41 Å². The minimum Gasteiger partial charge on any atom is -0.444 e. The van der Waals surface area contributed by atoms with Crippen molar-refractivity contribution in [3.8, 4) is 0 Å². The van der Waals surface area contributed by atoms with Crippen LogP contribution in [-0.4, -0.2) is 30.2 Å². The van der Waals surface area contributed by atoms with Crippen LogP contribution in [0.25, 0.3) is 0 Å². The first-order chi connectivity index (χ1) is 9.57. The summed E-state index contributed by atoms with van der Waals surface area (Å²) in [4.78, 5) is 23.2. The number of rotatable bonds is 5. The van der Waals surface area contributed by atoms with E-state index in [0.29, 0.717) is 30.8 Å². The first kappa shape index (κ1) is 17.8. The second-order valence-corrected chi connectivity index (χ2v) is 7.70. The molecule has 1 saturated carbocycles. The van der Waals surface area contributed by atoms with Gasteiger partial charge in [0.25, 0.3) is 0 Å². The maximum atomic E-state index is 11.8. The van der Waals surface area contributed by atoms with E-state index >= 15 is 0 Å². The minimum absolute atomic E-state index is 0.0729. The first-order valence-electron chi connectivity index (χ1n) is 7.84. The highest BCUT2D eigenvalue weighted by molar-refractivity contribution is 5.76. The van der Waals surface area contributed by atoms with Crippen molar-refractivity contribution in [2.75, 3.05) is 6.54 Å². The quantitative estimate of drug-likeness (QED) is 0.767. The number of alkyl carbamates (subject to hydrolysis) is 1. The zero-order chi connectivity index (χ0) is 16.1. The van der Waals surface area contributed by atoms with E-state index in [4.69, 9.17) is 4.74 Å². The van der Waals surface area contributed by atoms with Crippen molar-refractivity contribution < 1.29 is 14.3 Å². The fourth-order valence-electron chi connectivity index (χ4n) is 2.61. The summed E-state index contributed by atoms with van der Waals surface area (Å²) in [7, 11) is 0. The van der Waals surface area contributed by atoms with Crippen LogP contribution in [0.4, 0.5) is 4.79 Å². The van der Waals surface area contributed by atoms with Gasteiger partial charge in [0, 0.05) is 19.0 Å². The van der Waals surface area contributed by atoms with E-state index in [1.54, 1.807) is 0 Å². The number of hydrogen-bond donors (Lipinski definition) is 2. The van der Waals surface area contributed by atoms with E-state index in [1.807, 2.05) is 20.8 Å². The van der Waals surface area contributed by atoms with Crippen LogP contribution in [0.5, 0.6) is 0 Å². The van der Waals surface area contributed by atoms with Gasteiger partial charge in [0.15, 0.2) is 0 Å². The van der Waals surface area contributed by atoms with E-state index in [2.05, 4.69) is 24.5 Å². The summed E-state index contributed by atoms with van der Waals surface area (Å²) in [6, 6.07) is 0.311. The van der Waals surface area contributed by atoms with Gasteiger partial charge in [0.05, 0.1) is 0 Å². The van der Waals surface area contributed by atoms with Crippen LogP contribution in [0.2, 0.25) is 0 Å². The van der Waals surface area contributed by atoms with E-state index in [1.165, 1.54) is 0 Å². The van der Waals surface area contributed by atoms with Crippen LogP contribution < -0.4 is 10.6 Å². The maximum absolute atomic E-state index is 11.8. The fourth-order valence-corrected chi connectivity index (χ4v) is 2.61. The molecule has 122 valence electrons. The second kappa shape index (κ2) is 7.14. The topological polar surface area (TPSA) is 67.4 Å². The molecular formula is C16H30N2O3. The molecule has 0 saturated heterocycles. The summed E-state index contributed by atoms with van der Waals surface area (Å²) in [6.45, 7) is 10.4. The Hall–Kier alpha value is -1.26. The zero-order valence-corrected chi connectivity index (χ0v) is 14.0. The Kier molecular flexibility index (Phi) is 6.05. The summed E-state index contributed by atoms with van der Waals surface area (Å²) < 4.78 is 5.12. The molecule has 5 nitrogen and oxygen atoms in total. The molecule has 1 atom stereocenters. The molecule has 1 rings (SSSR count). The summed E-state index contributed by atoms with van der Waals surface area (Å²) in [6.07, 6.45) is 3.91. The highest BCUT2D eigenvalue weighted by Crippen LogP contribution is 2.36. The number of amides is 2. The SMILES string of the molecule is CC1(C)CCC(NC(=O)CCCNC(=O)OC(C)(C)C)C1. The van der Waals surface area contributed by atoms with Crippen molar-refractivity contribution >= 4 is 12.0 Å². The fraction of sp³-hybridized carbons (Fsp3) is 0.875. The third-order valence-corrected chi connectivity index (χ3v) is 3.58. The van der Waals surface area contributed by atoms with Crippen LogP contribution >= 0.6 is 0 Å². The number of ether oxygens (including phenoxy) is 1. The Balaban J connectivity index is 2.10. The number of hydrogen-bond acceptors (Lipinski definition) is 3. The van der Waals surface area contributed by atoms with E-state index in [9.17, 15) is 9.59 Å². The zero-order valence-electron chi connectivity index (χ0n) is 14.0. The van der Waals surface area contributed by atoms with Gasteiger partial charge in [-0.1, -0.05) is 13.8 Å². The normalized spacial score (nSPS) is 20.9. The van der Waals surface area contributed by atoms with Gasteiger partial charge in [0.2, 0.25) is 5.91 Å². The largest absolute Gasteiger partial charge is 0.444 e. The minimum atomic E-state index is -0.489. The van der Waals surface area contributed by atoms with Crippen molar-refractivity contribution in [2.24, 2.45) is 5.41 Å². The standard InChI is InChI=1S/C16H30N2O3/c1-15(2,3)21-14(20)17-10-6-7-13(19)18-12-8-9-16(4,5)11-12/h12H,6-11H2,1-5H3,(H,17,20)(H,18,19). The molecule has 1 fully saturated rings. The molecule has 1 aliphatic carbocycles. The van der Waals surface area contributed by atoms with E-state index < -0.39 is 11.7 Å². The van der Waals surface area contributed by atoms with Crippen molar-refractivity contribution in [2.45, 2.75) is 78.4 Å². The molecule has 0 spiro atoms. The summed E-state index contributed by atoms with van der Waals surface area (Å²) in [5.74, 6) is 0.0729. The molecule has 1 unspecified atom stereocenters. The number of nitrogens with one attached hydrogen (secondary N) is 2. The first-order valence-corrected chi connectivity index (χ1v) is 7.84. The Labute approximate surface area is 128 Å². The van der Waals surface area contributed by atoms with Gasteiger partial charge in [-0.2, -0.15) is 0 Å². The maximum Gasteiger partial charge on any atom is 0.407 e. The molecule has 0 aromatic carbocycles. The van der Waals surface area contributed by atoms with Crippen LogP contribution in [0.1, 0.15) is 66.7 Å². The van der Waals surface area contributed by atoms with Crippen molar-refractivity contribution in [1.82, 2.24) is 10.6 Å². The summed E-state index contributed by atoms with van der Waals surface area (Å²) >= 11 is 0. The Morgan fingerprint density at radius 1 is 1.29 bits per heavy atom. The van der Waals surface area contributed by atoms with E-state index in [0.717, 1.165) is 19.3 Å². The van der Waals surface area contributed by atoms with Gasteiger partial charge in [0.1, 0.15) is 5.60 Å². The Morgan fingerprint density at radius 2 is 1.95 bits per heavy atom. The molecule has 0 radical (unpaired) electrons. The molecule has 0 aliphatic heterocycles. The predicted octanol–water partition coefficient (Wildman–Crippen LogP) is 2.99. The van der Waals surface area contributed by atoms with Crippen molar-refractivity contribution in [3.05, 3.63) is 0 Å². The average molecular weight is 298 g/mol. The number of carbonyl (C=O) groups is 2. The molecule has 2 N–H and O–H groups in total. The average Bonchev–Trinajstić information content (AvgIpc) is 2.62. The Morgan fingerprint density at radius 3 is 2.48 bits per heavy atom. The summed E-state index contributed by atoms with van der Waals surface area (Å²) in [5, 5.41) is 5.74. The lowest BCUT2D eigenvalue weighted by Crippen LogP contribution is -2.35. The lowest BCUT2D eigenvalue weighted by atomic mass is 9.92. The van der Waals surface area contributed by atoms with Gasteiger partial charge in [-0.05, 0) is 51.9 Å². The van der Waals surface area contributed by atoms with Gasteiger partial charge in [-0.3, -0.25) is 4.79 Å². The van der Waals surface area contributed by atoms with Crippen LogP contribution in [0.3, 0.4) is 0 Å². The molecule has 2 amide bonds. The Bertz CT molecular complexity index is 372. The molecule has 0 heterocycles. The third-order valence-electron chi connectivity index (χ3n) is 3.58. The molecular weight excluding hydrogens is 268 g/mol. The monoisotopic (exact) mass is 298 g/mol. The van der Waals surface area contributed by atoms with Gasteiger partial charge in [-0.25, -0.2) is 4.79 Å². The third kappa shape index (κ3) is 7.93. The highest BCUT2D eigenvalue weighted by Gasteiger charge is 2.31. The highest BCUT2D eigenvalue weighted by atomic mass is 16.6. The lowest BCUT2D eigenvalue weighted by Gasteiger charge is -2.19. The molecule has 0 aromatic rings. The number of carbonyl (C=O) groups excluding carboxylic acids is 2. The van der Waals surface area contributed by atoms with Gasteiger partial charge >= 0.3 is 6.09 Å². The molecule has 0 aromatic heterocycles. The van der Waals surface area contributed by atoms with Crippen molar-refractivity contribution in [1.29, 1.82) is 0 Å². The molecule has 5 heteroatoms. The second-order valence-electron chi connectivity index (χ2n) is 7.70. The molecule has 1 aliphatic rings. The van der Waals surface area contributed by atoms with Gasteiger partial charge in [-0.15, -0.1) is 0 Å². The van der Waals surface area contributed by atoms with Crippen LogP contribution in [0.15, 0.2) is 0 Å². The summed E-state index contributed by atoms with van der Waals surface area (Å²) in [5.41, 5.74) is -0.146. The van der Waals surface area contributed by atoms with E-state index in [-0.39, 0.29) is 5.91 Å². The lowest BCUT2D eigenvalue weighted by molar-refractivity contribution is -0.121. The predicted molar refractivity (Wildman–Crippen MR) is 83.0 cm³/mol.